The van der Waals surface area contributed by atoms with E-state index in [9.17, 15) is 0 Å². The van der Waals surface area contributed by atoms with Crippen LogP contribution in [0.25, 0.3) is 10.1 Å². The number of aromatic nitrogens is 1. The Balaban J connectivity index is 1.68. The van der Waals surface area contributed by atoms with Crippen molar-refractivity contribution in [2.45, 2.75) is 5.92 Å². The topological polar surface area (TPSA) is 12.9 Å². The second kappa shape index (κ2) is 9.64. The van der Waals surface area contributed by atoms with Gasteiger partial charge in [-0.25, -0.2) is 0 Å². The summed E-state index contributed by atoms with van der Waals surface area (Å²) in [5.74, 6) is 0.158. The minimum atomic E-state index is 0.158. The molecule has 0 N–H and O–H groups in total. The van der Waals surface area contributed by atoms with Gasteiger partial charge < -0.3 is 0 Å². The standard InChI is InChI=1S/C28H21NSe2/c1-5-13-21(14-6-1)25(22-15-7-2-8-16-22)26-28(30-24-19-11-4-12-20-24)31-27(29-26)23-17-9-3-10-18-23/h1-20,25H. The first-order valence-electron chi connectivity index (χ1n) is 10.3. The van der Waals surface area contributed by atoms with Gasteiger partial charge in [0, 0.05) is 0 Å². The van der Waals surface area contributed by atoms with E-state index in [-0.39, 0.29) is 35.4 Å². The first-order valence-corrected chi connectivity index (χ1v) is 13.7. The van der Waals surface area contributed by atoms with Gasteiger partial charge in [-0.1, -0.05) is 0 Å². The molecule has 3 heteroatoms. The normalized spacial score (nSPS) is 11.0. The van der Waals surface area contributed by atoms with Gasteiger partial charge in [0.1, 0.15) is 0 Å². The molecule has 0 aliphatic heterocycles. The summed E-state index contributed by atoms with van der Waals surface area (Å²) in [6, 6.07) is 43.2. The van der Waals surface area contributed by atoms with Crippen LogP contribution in [0, 0.1) is 0 Å². The zero-order chi connectivity index (χ0) is 20.9. The van der Waals surface area contributed by atoms with E-state index in [0.717, 1.165) is 0 Å². The summed E-state index contributed by atoms with van der Waals surface area (Å²) in [7, 11) is 0. The van der Waals surface area contributed by atoms with E-state index in [1.165, 1.54) is 34.7 Å². The van der Waals surface area contributed by atoms with Gasteiger partial charge in [0.05, 0.1) is 0 Å². The molecule has 5 rings (SSSR count). The molecule has 0 saturated heterocycles. The van der Waals surface area contributed by atoms with E-state index >= 15 is 0 Å². The quantitative estimate of drug-likeness (QED) is 0.292. The van der Waals surface area contributed by atoms with E-state index < -0.39 is 0 Å². The maximum absolute atomic E-state index is 5.33. The molecule has 1 heterocycles. The van der Waals surface area contributed by atoms with E-state index in [1.807, 2.05) is 0 Å². The summed E-state index contributed by atoms with van der Waals surface area (Å²) in [5.41, 5.74) is 5.11. The Kier molecular flexibility index (Phi) is 6.30. The molecule has 0 aliphatic carbocycles. The Labute approximate surface area is 195 Å². The van der Waals surface area contributed by atoms with Gasteiger partial charge in [-0.2, -0.15) is 0 Å². The van der Waals surface area contributed by atoms with Crippen LogP contribution in [0.2, 0.25) is 0 Å². The Bertz CT molecular complexity index is 1190. The van der Waals surface area contributed by atoms with Crippen LogP contribution in [-0.2, 0) is 0 Å². The molecule has 0 radical (unpaired) electrons. The molecular formula is C28H21NSe2. The predicted octanol–water partition coefficient (Wildman–Crippen LogP) is 4.64. The molecule has 31 heavy (non-hydrogen) atoms. The van der Waals surface area contributed by atoms with E-state index in [4.69, 9.17) is 4.98 Å². The van der Waals surface area contributed by atoms with Gasteiger partial charge in [-0.15, -0.1) is 0 Å². The second-order valence-corrected chi connectivity index (χ2v) is 12.9. The van der Waals surface area contributed by atoms with Gasteiger partial charge in [0.15, 0.2) is 0 Å². The molecule has 0 fully saturated rings. The predicted molar refractivity (Wildman–Crippen MR) is 132 cm³/mol. The van der Waals surface area contributed by atoms with Crippen LogP contribution in [0.5, 0.6) is 0 Å². The van der Waals surface area contributed by atoms with Crippen molar-refractivity contribution in [2.24, 2.45) is 0 Å². The first kappa shape index (κ1) is 20.2. The summed E-state index contributed by atoms with van der Waals surface area (Å²) in [5, 5.41) is 0. The summed E-state index contributed by atoms with van der Waals surface area (Å²) < 4.78 is 4.18. The number of benzene rings is 4. The van der Waals surface area contributed by atoms with Crippen LogP contribution in [-0.4, -0.2) is 34.4 Å². The SMILES string of the molecule is c1ccc([Se]c2[se]c(-c3ccccc3)nc2C(c2ccccc2)c2ccccc2)cc1. The van der Waals surface area contributed by atoms with E-state index in [2.05, 4.69) is 121 Å². The Morgan fingerprint density at radius 3 is 1.61 bits per heavy atom. The zero-order valence-electron chi connectivity index (χ0n) is 16.9. The Hall–Kier alpha value is -2.67. The number of hydrogen-bond donors (Lipinski definition) is 0. The van der Waals surface area contributed by atoms with Crippen LogP contribution in [0.15, 0.2) is 121 Å². The average Bonchev–Trinajstić information content (AvgIpc) is 3.25. The molecule has 0 aliphatic rings. The molecule has 0 atom stereocenters. The molecule has 0 unspecified atom stereocenters. The monoisotopic (exact) mass is 531 g/mol. The van der Waals surface area contributed by atoms with Crippen molar-refractivity contribution in [3.05, 3.63) is 138 Å². The molecular weight excluding hydrogens is 508 g/mol. The molecule has 0 bridgehead atoms. The summed E-state index contributed by atoms with van der Waals surface area (Å²) in [6.45, 7) is 0. The van der Waals surface area contributed by atoms with Crippen molar-refractivity contribution in [1.29, 1.82) is 0 Å². The van der Waals surface area contributed by atoms with Gasteiger partial charge in [0.25, 0.3) is 0 Å². The van der Waals surface area contributed by atoms with Gasteiger partial charge in [-0.05, 0) is 0 Å². The van der Waals surface area contributed by atoms with Crippen LogP contribution < -0.4 is 7.80 Å². The molecule has 4 aromatic carbocycles. The fourth-order valence-electron chi connectivity index (χ4n) is 3.67. The number of hydrogen-bond acceptors (Lipinski definition) is 1. The fraction of sp³-hybridized carbons (Fsp3) is 0.0357. The molecule has 1 aromatic heterocycles. The zero-order valence-corrected chi connectivity index (χ0v) is 20.3. The molecule has 150 valence electrons. The van der Waals surface area contributed by atoms with Crippen molar-refractivity contribution in [1.82, 2.24) is 4.98 Å². The number of nitrogens with zero attached hydrogens (tertiary/aromatic N) is 1. The third-order valence-electron chi connectivity index (χ3n) is 5.13. The van der Waals surface area contributed by atoms with Crippen LogP contribution in [0.1, 0.15) is 22.7 Å². The molecule has 0 amide bonds. The van der Waals surface area contributed by atoms with Crippen molar-refractivity contribution in [2.75, 3.05) is 0 Å². The molecule has 0 spiro atoms. The maximum atomic E-state index is 5.33. The summed E-state index contributed by atoms with van der Waals surface area (Å²) >= 11 is 0.493. The number of rotatable bonds is 6. The third kappa shape index (κ3) is 4.66. The Morgan fingerprint density at radius 1 is 0.581 bits per heavy atom. The van der Waals surface area contributed by atoms with Gasteiger partial charge in [-0.3, -0.25) is 0 Å². The first-order chi connectivity index (χ1) is 15.4. The van der Waals surface area contributed by atoms with Gasteiger partial charge in [0.2, 0.25) is 0 Å². The molecule has 5 aromatic rings. The van der Waals surface area contributed by atoms with Crippen molar-refractivity contribution < 1.29 is 0 Å². The van der Waals surface area contributed by atoms with E-state index in [0.29, 0.717) is 0 Å². The summed E-state index contributed by atoms with van der Waals surface area (Å²) in [4.78, 5) is 5.33. The minimum absolute atomic E-state index is 0.158. The fourth-order valence-corrected chi connectivity index (χ4v) is 9.52. The molecule has 0 saturated carbocycles. The van der Waals surface area contributed by atoms with Crippen LogP contribution in [0.4, 0.5) is 0 Å². The van der Waals surface area contributed by atoms with Crippen molar-refractivity contribution in [3.63, 3.8) is 0 Å². The van der Waals surface area contributed by atoms with Crippen molar-refractivity contribution >= 4 is 37.3 Å². The van der Waals surface area contributed by atoms with Crippen LogP contribution in [0.3, 0.4) is 0 Å². The van der Waals surface area contributed by atoms with Gasteiger partial charge >= 0.3 is 196 Å². The Morgan fingerprint density at radius 2 is 1.06 bits per heavy atom. The average molecular weight is 529 g/mol. The third-order valence-corrected chi connectivity index (χ3v) is 10.8. The summed E-state index contributed by atoms with van der Waals surface area (Å²) in [6.07, 6.45) is 0. The van der Waals surface area contributed by atoms with Crippen molar-refractivity contribution in [3.8, 4) is 10.1 Å². The van der Waals surface area contributed by atoms with Crippen LogP contribution >= 0.6 is 0 Å². The second-order valence-electron chi connectivity index (χ2n) is 7.23. The molecule has 1 nitrogen and oxygen atoms in total. The van der Waals surface area contributed by atoms with E-state index in [1.54, 1.807) is 0 Å².